The molecule has 0 aliphatic carbocycles. The van der Waals surface area contributed by atoms with Gasteiger partial charge in [-0.15, -0.1) is 0 Å². The van der Waals surface area contributed by atoms with Gasteiger partial charge in [0.05, 0.1) is 5.25 Å². The molecule has 0 amide bonds. The summed E-state index contributed by atoms with van der Waals surface area (Å²) in [5.41, 5.74) is 0. The first-order chi connectivity index (χ1) is 14.2. The molecule has 0 radical (unpaired) electrons. The molecular weight excluding hydrogens is 376 g/mol. The first kappa shape index (κ1) is 26.3. The quantitative estimate of drug-likeness (QED) is 0.151. The maximum atomic E-state index is 11.9. The molecule has 0 aromatic rings. The summed E-state index contributed by atoms with van der Waals surface area (Å²) in [5.74, 6) is -0.246. The van der Waals surface area contributed by atoms with E-state index < -0.39 is 16.9 Å². The zero-order valence-electron chi connectivity index (χ0n) is 19.3. The molecule has 0 saturated carbocycles. The van der Waals surface area contributed by atoms with E-state index in [9.17, 15) is 9.90 Å². The van der Waals surface area contributed by atoms with Crippen molar-refractivity contribution in [3.05, 3.63) is 23.0 Å². The number of rotatable bonds is 20. The minimum atomic E-state index is -0.602. The van der Waals surface area contributed by atoms with Crippen LogP contribution in [0.2, 0.25) is 0 Å². The molecular formula is C26H48O2S. The minimum Gasteiger partial charge on any atom is -0.480 e. The van der Waals surface area contributed by atoms with Crippen molar-refractivity contribution in [3.8, 4) is 0 Å². The van der Waals surface area contributed by atoms with Crippen molar-refractivity contribution in [2.75, 3.05) is 0 Å². The number of allylic oxidation sites excluding steroid dienone is 2. The molecule has 0 bridgehead atoms. The summed E-state index contributed by atoms with van der Waals surface area (Å²) in [5, 5.41) is 13.9. The lowest BCUT2D eigenvalue weighted by atomic mass is 9.92. The van der Waals surface area contributed by atoms with Crippen LogP contribution in [0.3, 0.4) is 0 Å². The Kier molecular flexibility index (Phi) is 16.4. The highest BCUT2D eigenvalue weighted by atomic mass is 32.2. The van der Waals surface area contributed by atoms with E-state index in [1.165, 1.54) is 89.9 Å². The van der Waals surface area contributed by atoms with E-state index in [0.717, 1.165) is 19.3 Å². The average molecular weight is 425 g/mol. The third-order valence-corrected chi connectivity index (χ3v) is 8.55. The predicted molar refractivity (Wildman–Crippen MR) is 132 cm³/mol. The SMILES string of the molecule is CCCCCCCCCCCCCCCCC(CCC)C(C(=O)O)[SH]1C=CC=C1. The van der Waals surface area contributed by atoms with Crippen LogP contribution in [0.5, 0.6) is 0 Å². The van der Waals surface area contributed by atoms with Gasteiger partial charge < -0.3 is 5.11 Å². The fourth-order valence-corrected chi connectivity index (χ4v) is 6.64. The molecule has 2 unspecified atom stereocenters. The molecule has 1 aliphatic rings. The number of carboxylic acids is 1. The molecule has 2 atom stereocenters. The van der Waals surface area contributed by atoms with Crippen LogP contribution in [0.4, 0.5) is 0 Å². The highest BCUT2D eigenvalue weighted by Gasteiger charge is 2.31. The van der Waals surface area contributed by atoms with Gasteiger partial charge in [0.2, 0.25) is 0 Å². The van der Waals surface area contributed by atoms with E-state index in [1.54, 1.807) is 0 Å². The second-order valence-corrected chi connectivity index (χ2v) is 10.9. The molecule has 0 fully saturated rings. The number of carboxylic acid groups (broad SMARTS) is 1. The molecule has 0 aromatic heterocycles. The van der Waals surface area contributed by atoms with Crippen molar-refractivity contribution >= 4 is 16.9 Å². The van der Waals surface area contributed by atoms with Gasteiger partial charge in [0.1, 0.15) is 0 Å². The lowest BCUT2D eigenvalue weighted by molar-refractivity contribution is -0.137. The highest BCUT2D eigenvalue weighted by molar-refractivity contribution is 8.23. The van der Waals surface area contributed by atoms with Crippen LogP contribution < -0.4 is 0 Å². The van der Waals surface area contributed by atoms with Gasteiger partial charge >= 0.3 is 5.97 Å². The largest absolute Gasteiger partial charge is 0.480 e. The van der Waals surface area contributed by atoms with Crippen molar-refractivity contribution in [2.45, 2.75) is 128 Å². The smallest absolute Gasteiger partial charge is 0.315 e. The molecule has 1 heterocycles. The Morgan fingerprint density at radius 1 is 0.690 bits per heavy atom. The van der Waals surface area contributed by atoms with Gasteiger partial charge in [-0.25, -0.2) is 0 Å². The second-order valence-electron chi connectivity index (χ2n) is 8.85. The predicted octanol–water partition coefficient (Wildman–Crippen LogP) is 8.77. The molecule has 0 saturated heterocycles. The van der Waals surface area contributed by atoms with E-state index in [2.05, 4.69) is 24.7 Å². The summed E-state index contributed by atoms with van der Waals surface area (Å²) in [6.45, 7) is 4.47. The Balaban J connectivity index is 2.06. The summed E-state index contributed by atoms with van der Waals surface area (Å²) in [6, 6.07) is 0. The minimum absolute atomic E-state index is 0.179. The van der Waals surface area contributed by atoms with Crippen molar-refractivity contribution in [3.63, 3.8) is 0 Å². The Hall–Kier alpha value is -0.700. The lowest BCUT2D eigenvalue weighted by Gasteiger charge is -2.29. The molecule has 0 aromatic carbocycles. The van der Waals surface area contributed by atoms with Crippen molar-refractivity contribution < 1.29 is 9.90 Å². The first-order valence-corrected chi connectivity index (χ1v) is 14.1. The normalized spacial score (nSPS) is 16.4. The van der Waals surface area contributed by atoms with Crippen molar-refractivity contribution in [2.24, 2.45) is 5.92 Å². The van der Waals surface area contributed by atoms with E-state index >= 15 is 0 Å². The topological polar surface area (TPSA) is 37.3 Å². The van der Waals surface area contributed by atoms with Crippen LogP contribution in [0.25, 0.3) is 0 Å². The fourth-order valence-electron chi connectivity index (χ4n) is 4.54. The average Bonchev–Trinajstić information content (AvgIpc) is 3.22. The van der Waals surface area contributed by atoms with Gasteiger partial charge in [-0.1, -0.05) is 122 Å². The van der Waals surface area contributed by atoms with Crippen LogP contribution in [-0.4, -0.2) is 16.3 Å². The summed E-state index contributed by atoms with van der Waals surface area (Å²) >= 11 is 0. The van der Waals surface area contributed by atoms with Crippen LogP contribution in [0.1, 0.15) is 123 Å². The van der Waals surface area contributed by atoms with Gasteiger partial charge in [-0.2, -0.15) is 10.9 Å². The Labute approximate surface area is 184 Å². The Bertz CT molecular complexity index is 446. The van der Waals surface area contributed by atoms with Crippen LogP contribution >= 0.6 is 10.9 Å². The van der Waals surface area contributed by atoms with Crippen LogP contribution in [0, 0.1) is 5.92 Å². The number of carbonyl (C=O) groups is 1. The first-order valence-electron chi connectivity index (χ1n) is 12.6. The third kappa shape index (κ3) is 12.6. The van der Waals surface area contributed by atoms with Crippen LogP contribution in [-0.2, 0) is 4.79 Å². The van der Waals surface area contributed by atoms with Gasteiger partial charge in [0.25, 0.3) is 0 Å². The number of thiol groups is 1. The van der Waals surface area contributed by atoms with Crippen molar-refractivity contribution in [1.82, 2.24) is 0 Å². The number of aliphatic carboxylic acids is 1. The molecule has 2 nitrogen and oxygen atoms in total. The van der Waals surface area contributed by atoms with Gasteiger partial charge in [0, 0.05) is 0 Å². The molecule has 29 heavy (non-hydrogen) atoms. The van der Waals surface area contributed by atoms with E-state index in [4.69, 9.17) is 0 Å². The highest BCUT2D eigenvalue weighted by Crippen LogP contribution is 2.44. The molecule has 0 spiro atoms. The van der Waals surface area contributed by atoms with E-state index in [1.807, 2.05) is 12.2 Å². The van der Waals surface area contributed by atoms with E-state index in [0.29, 0.717) is 5.92 Å². The Morgan fingerprint density at radius 3 is 1.55 bits per heavy atom. The number of hydrogen-bond donors (Lipinski definition) is 2. The molecule has 1 N–H and O–H groups in total. The lowest BCUT2D eigenvalue weighted by Crippen LogP contribution is -2.28. The monoisotopic (exact) mass is 424 g/mol. The maximum Gasteiger partial charge on any atom is 0.315 e. The number of unbranched alkanes of at least 4 members (excludes halogenated alkanes) is 13. The standard InChI is InChI=1S/C26H48O2S/c1-3-5-6-7-8-9-10-11-12-13-14-15-16-17-21-24(20-4-2)25(26(27)28)29-22-18-19-23-29/h18-19,22-25,29H,3-17,20-21H2,1-2H3,(H,27,28). The Morgan fingerprint density at radius 2 is 1.14 bits per heavy atom. The van der Waals surface area contributed by atoms with E-state index in [-0.39, 0.29) is 5.25 Å². The molecule has 1 aliphatic heterocycles. The summed E-state index contributed by atoms with van der Waals surface area (Å²) in [6.07, 6.45) is 26.5. The molecule has 3 heteroatoms. The van der Waals surface area contributed by atoms with Crippen molar-refractivity contribution in [1.29, 1.82) is 0 Å². The van der Waals surface area contributed by atoms with Gasteiger partial charge in [-0.05, 0) is 29.6 Å². The summed E-state index contributed by atoms with van der Waals surface area (Å²) in [7, 11) is -0.602. The van der Waals surface area contributed by atoms with Gasteiger partial charge in [-0.3, -0.25) is 4.79 Å². The summed E-state index contributed by atoms with van der Waals surface area (Å²) < 4.78 is 0. The van der Waals surface area contributed by atoms with Gasteiger partial charge in [0.15, 0.2) is 0 Å². The maximum absolute atomic E-state index is 11.9. The third-order valence-electron chi connectivity index (χ3n) is 6.24. The fraction of sp³-hybridized carbons (Fsp3) is 0.808. The summed E-state index contributed by atoms with van der Waals surface area (Å²) in [4.78, 5) is 11.9. The molecule has 170 valence electrons. The zero-order valence-corrected chi connectivity index (χ0v) is 20.2. The zero-order chi connectivity index (χ0) is 21.2. The second kappa shape index (κ2) is 18.1. The molecule has 1 rings (SSSR count). The van der Waals surface area contributed by atoms with Crippen LogP contribution in [0.15, 0.2) is 23.0 Å². The number of hydrogen-bond acceptors (Lipinski definition) is 1.